The van der Waals surface area contributed by atoms with Gasteiger partial charge in [0.25, 0.3) is 5.91 Å². The molecule has 1 N–H and O–H groups in total. The maximum absolute atomic E-state index is 13.0. The summed E-state index contributed by atoms with van der Waals surface area (Å²) in [5.41, 5.74) is 0.796. The molecule has 0 fully saturated rings. The molecule has 1 aromatic heterocycles. The minimum atomic E-state index is -0.934. The molecule has 0 radical (unpaired) electrons. The fourth-order valence-electron chi connectivity index (χ4n) is 2.44. The van der Waals surface area contributed by atoms with Crippen LogP contribution >= 0.6 is 0 Å². The Morgan fingerprint density at radius 1 is 1.25 bits per heavy atom. The first-order valence-electron chi connectivity index (χ1n) is 7.78. The lowest BCUT2D eigenvalue weighted by Crippen LogP contribution is -2.38. The molecular weight excluding hydrogens is 311 g/mol. The van der Waals surface area contributed by atoms with Crippen molar-refractivity contribution in [1.29, 1.82) is 0 Å². The quantitative estimate of drug-likeness (QED) is 0.652. The number of hydrogen-bond donors (Lipinski definition) is 1. The molecular formula is C18H21FN2O3. The molecule has 0 spiro atoms. The first kappa shape index (κ1) is 17.9. The molecule has 0 aliphatic rings. The molecule has 0 aliphatic heterocycles. The molecule has 2 aromatic rings. The van der Waals surface area contributed by atoms with Crippen molar-refractivity contribution in [3.63, 3.8) is 0 Å². The van der Waals surface area contributed by atoms with Gasteiger partial charge in [-0.2, -0.15) is 4.73 Å². The van der Waals surface area contributed by atoms with Crippen LogP contribution in [0.25, 0.3) is 0 Å². The third-order valence-electron chi connectivity index (χ3n) is 3.54. The summed E-state index contributed by atoms with van der Waals surface area (Å²) in [4.78, 5) is 14.2. The third-order valence-corrected chi connectivity index (χ3v) is 3.54. The van der Waals surface area contributed by atoms with Gasteiger partial charge in [-0.1, -0.05) is 26.0 Å². The van der Waals surface area contributed by atoms with Gasteiger partial charge in [0.15, 0.2) is 12.4 Å². The Bertz CT molecular complexity index is 689. The SMILES string of the molecule is CC(C)CN(CC(O)c1ccc(F)cc1)C(=O)c1ccc[n+]([O-])c1. The fourth-order valence-corrected chi connectivity index (χ4v) is 2.44. The monoisotopic (exact) mass is 332 g/mol. The second kappa shape index (κ2) is 7.88. The summed E-state index contributed by atoms with van der Waals surface area (Å²) < 4.78 is 13.6. The molecule has 5 nitrogen and oxygen atoms in total. The Labute approximate surface area is 140 Å². The average molecular weight is 332 g/mol. The van der Waals surface area contributed by atoms with Gasteiger partial charge < -0.3 is 15.2 Å². The Morgan fingerprint density at radius 2 is 1.92 bits per heavy atom. The number of carbonyl (C=O) groups excluding carboxylic acids is 1. The normalized spacial score (nSPS) is 12.2. The highest BCUT2D eigenvalue weighted by atomic mass is 19.1. The number of aromatic nitrogens is 1. The smallest absolute Gasteiger partial charge is 0.260 e. The van der Waals surface area contributed by atoms with Crippen LogP contribution in [0.5, 0.6) is 0 Å². The lowest BCUT2D eigenvalue weighted by Gasteiger charge is -2.27. The average Bonchev–Trinajstić information content (AvgIpc) is 2.53. The molecule has 6 heteroatoms. The maximum atomic E-state index is 13.0. The summed E-state index contributed by atoms with van der Waals surface area (Å²) in [7, 11) is 0. The molecule has 1 amide bonds. The highest BCUT2D eigenvalue weighted by Gasteiger charge is 2.22. The molecule has 24 heavy (non-hydrogen) atoms. The second-order valence-corrected chi connectivity index (χ2v) is 6.12. The van der Waals surface area contributed by atoms with E-state index in [4.69, 9.17) is 0 Å². The highest BCUT2D eigenvalue weighted by molar-refractivity contribution is 5.93. The van der Waals surface area contributed by atoms with Gasteiger partial charge in [0.05, 0.1) is 12.6 Å². The van der Waals surface area contributed by atoms with E-state index in [1.165, 1.54) is 47.6 Å². The van der Waals surface area contributed by atoms with Crippen LogP contribution in [-0.2, 0) is 0 Å². The van der Waals surface area contributed by atoms with Crippen molar-refractivity contribution in [2.45, 2.75) is 20.0 Å². The van der Waals surface area contributed by atoms with E-state index < -0.39 is 6.10 Å². The Kier molecular flexibility index (Phi) is 5.87. The van der Waals surface area contributed by atoms with E-state index in [0.717, 1.165) is 0 Å². The largest absolute Gasteiger partial charge is 0.619 e. The molecule has 1 aromatic carbocycles. The first-order valence-corrected chi connectivity index (χ1v) is 7.78. The number of benzene rings is 1. The molecule has 1 heterocycles. The van der Waals surface area contributed by atoms with Gasteiger partial charge in [0.1, 0.15) is 11.4 Å². The fraction of sp³-hybridized carbons (Fsp3) is 0.333. The van der Waals surface area contributed by atoms with Crippen molar-refractivity contribution in [1.82, 2.24) is 4.90 Å². The van der Waals surface area contributed by atoms with Crippen LogP contribution in [0, 0.1) is 16.9 Å². The van der Waals surface area contributed by atoms with E-state index in [9.17, 15) is 19.5 Å². The summed E-state index contributed by atoms with van der Waals surface area (Å²) in [6.45, 7) is 4.42. The van der Waals surface area contributed by atoms with Gasteiger partial charge in [-0.15, -0.1) is 0 Å². The minimum Gasteiger partial charge on any atom is -0.619 e. The molecule has 128 valence electrons. The molecule has 0 saturated carbocycles. The number of hydrogen-bond acceptors (Lipinski definition) is 3. The van der Waals surface area contributed by atoms with E-state index in [1.807, 2.05) is 13.8 Å². The van der Waals surface area contributed by atoms with Gasteiger partial charge in [-0.3, -0.25) is 4.79 Å². The van der Waals surface area contributed by atoms with Crippen molar-refractivity contribution < 1.29 is 19.0 Å². The molecule has 1 unspecified atom stereocenters. The standard InChI is InChI=1S/C18H21FN2O3/c1-13(2)10-20(18(23)15-4-3-9-21(24)11-15)12-17(22)14-5-7-16(19)8-6-14/h3-9,11,13,17,22H,10,12H2,1-2H3. The number of nitrogens with zero attached hydrogens (tertiary/aromatic N) is 2. The van der Waals surface area contributed by atoms with Crippen LogP contribution in [-0.4, -0.2) is 29.0 Å². The highest BCUT2D eigenvalue weighted by Crippen LogP contribution is 2.17. The zero-order valence-electron chi connectivity index (χ0n) is 13.7. The molecule has 0 saturated heterocycles. The van der Waals surface area contributed by atoms with Crippen LogP contribution in [0.2, 0.25) is 0 Å². The lowest BCUT2D eigenvalue weighted by atomic mass is 10.1. The summed E-state index contributed by atoms with van der Waals surface area (Å²) >= 11 is 0. The number of pyridine rings is 1. The summed E-state index contributed by atoms with van der Waals surface area (Å²) in [6, 6.07) is 8.59. The van der Waals surface area contributed by atoms with Gasteiger partial charge in [0, 0.05) is 12.6 Å². The number of amides is 1. The van der Waals surface area contributed by atoms with Crippen LogP contribution in [0.4, 0.5) is 4.39 Å². The number of aliphatic hydroxyl groups is 1. The summed E-state index contributed by atoms with van der Waals surface area (Å²) in [5, 5.41) is 21.7. The predicted molar refractivity (Wildman–Crippen MR) is 87.5 cm³/mol. The zero-order valence-corrected chi connectivity index (χ0v) is 13.7. The van der Waals surface area contributed by atoms with Crippen LogP contribution in [0.3, 0.4) is 0 Å². The molecule has 0 bridgehead atoms. The van der Waals surface area contributed by atoms with Crippen molar-refractivity contribution >= 4 is 5.91 Å². The first-order chi connectivity index (χ1) is 11.4. The minimum absolute atomic E-state index is 0.0659. The van der Waals surface area contributed by atoms with Gasteiger partial charge in [-0.05, 0) is 29.7 Å². The molecule has 2 rings (SSSR count). The maximum Gasteiger partial charge on any atom is 0.260 e. The van der Waals surface area contributed by atoms with E-state index in [-0.39, 0.29) is 29.8 Å². The lowest BCUT2D eigenvalue weighted by molar-refractivity contribution is -0.605. The van der Waals surface area contributed by atoms with Crippen molar-refractivity contribution in [2.24, 2.45) is 5.92 Å². The number of halogens is 1. The number of carbonyl (C=O) groups is 1. The predicted octanol–water partition coefficient (Wildman–Crippen LogP) is 2.29. The summed E-state index contributed by atoms with van der Waals surface area (Å²) in [5.74, 6) is -0.516. The number of aliphatic hydroxyl groups excluding tert-OH is 1. The Hall–Kier alpha value is -2.47. The van der Waals surface area contributed by atoms with Crippen LogP contribution < -0.4 is 4.73 Å². The van der Waals surface area contributed by atoms with E-state index >= 15 is 0 Å². The van der Waals surface area contributed by atoms with Crippen molar-refractivity contribution in [2.75, 3.05) is 13.1 Å². The van der Waals surface area contributed by atoms with Gasteiger partial charge in [0.2, 0.25) is 0 Å². The van der Waals surface area contributed by atoms with Crippen molar-refractivity contribution in [3.8, 4) is 0 Å². The van der Waals surface area contributed by atoms with E-state index in [1.54, 1.807) is 6.07 Å². The van der Waals surface area contributed by atoms with Gasteiger partial charge in [-0.25, -0.2) is 4.39 Å². The van der Waals surface area contributed by atoms with E-state index in [0.29, 0.717) is 16.8 Å². The van der Waals surface area contributed by atoms with E-state index in [2.05, 4.69) is 0 Å². The molecule has 0 aliphatic carbocycles. The van der Waals surface area contributed by atoms with Gasteiger partial charge >= 0.3 is 0 Å². The zero-order chi connectivity index (χ0) is 17.7. The van der Waals surface area contributed by atoms with Crippen LogP contribution in [0.15, 0.2) is 48.8 Å². The second-order valence-electron chi connectivity index (χ2n) is 6.12. The Morgan fingerprint density at radius 3 is 2.50 bits per heavy atom. The number of rotatable bonds is 6. The molecule has 1 atom stereocenters. The Balaban J connectivity index is 2.18. The van der Waals surface area contributed by atoms with Crippen LogP contribution in [0.1, 0.15) is 35.9 Å². The topological polar surface area (TPSA) is 67.5 Å². The summed E-state index contributed by atoms with van der Waals surface area (Å²) in [6.07, 6.45) is 1.58. The van der Waals surface area contributed by atoms with Crippen molar-refractivity contribution in [3.05, 3.63) is 70.9 Å². The third kappa shape index (κ3) is 4.76.